The first-order chi connectivity index (χ1) is 13.8. The molecule has 150 valence electrons. The SMILES string of the molecule is CS(=O)c1ccc(Oc2cc(C(=O)Nc3ccon3)cc3c2CC(C)(C)O3)cc1. The molecule has 0 spiro atoms. The van der Waals surface area contributed by atoms with Crippen molar-refractivity contribution in [1.29, 1.82) is 0 Å². The number of benzene rings is 2. The van der Waals surface area contributed by atoms with E-state index in [1.807, 2.05) is 13.8 Å². The number of carbonyl (C=O) groups excluding carboxylic acids is 1. The van der Waals surface area contributed by atoms with E-state index >= 15 is 0 Å². The molecule has 1 N–H and O–H groups in total. The van der Waals surface area contributed by atoms with Crippen molar-refractivity contribution in [2.45, 2.75) is 30.8 Å². The van der Waals surface area contributed by atoms with Crippen molar-refractivity contribution in [3.8, 4) is 17.2 Å². The Kier molecular flexibility index (Phi) is 4.87. The zero-order valence-corrected chi connectivity index (χ0v) is 17.0. The van der Waals surface area contributed by atoms with Crippen LogP contribution in [0.15, 0.2) is 58.1 Å². The number of fused-ring (bicyclic) bond motifs is 1. The van der Waals surface area contributed by atoms with Gasteiger partial charge in [0.2, 0.25) is 0 Å². The standard InChI is InChI=1S/C21H20N2O5S/c1-21(2)12-16-17(27-14-4-6-15(7-5-14)29(3)25)10-13(11-18(16)28-21)20(24)22-19-8-9-26-23-19/h4-11H,12H2,1-3H3,(H,22,23,24). The minimum atomic E-state index is -1.06. The first-order valence-electron chi connectivity index (χ1n) is 9.00. The van der Waals surface area contributed by atoms with Crippen LogP contribution in [-0.4, -0.2) is 27.1 Å². The summed E-state index contributed by atoms with van der Waals surface area (Å²) in [7, 11) is -1.06. The van der Waals surface area contributed by atoms with Crippen molar-refractivity contribution < 1.29 is 23.0 Å². The number of nitrogens with one attached hydrogen (secondary N) is 1. The lowest BCUT2D eigenvalue weighted by Crippen LogP contribution is -2.24. The summed E-state index contributed by atoms with van der Waals surface area (Å²) >= 11 is 0. The fourth-order valence-corrected chi connectivity index (χ4v) is 3.68. The molecule has 3 aromatic rings. The van der Waals surface area contributed by atoms with E-state index in [2.05, 4.69) is 10.5 Å². The van der Waals surface area contributed by atoms with Gasteiger partial charge >= 0.3 is 0 Å². The fourth-order valence-electron chi connectivity index (χ4n) is 3.16. The summed E-state index contributed by atoms with van der Waals surface area (Å²) in [5.74, 6) is 1.71. The Bertz CT molecular complexity index is 1080. The van der Waals surface area contributed by atoms with Gasteiger partial charge in [0.05, 0.1) is 0 Å². The number of carbonyl (C=O) groups is 1. The second-order valence-electron chi connectivity index (χ2n) is 7.36. The van der Waals surface area contributed by atoms with Crippen LogP contribution in [0.4, 0.5) is 5.82 Å². The summed E-state index contributed by atoms with van der Waals surface area (Å²) in [6.45, 7) is 3.97. The number of rotatable bonds is 5. The molecule has 0 bridgehead atoms. The van der Waals surface area contributed by atoms with Crippen LogP contribution in [-0.2, 0) is 17.2 Å². The van der Waals surface area contributed by atoms with Crippen LogP contribution in [0.25, 0.3) is 0 Å². The number of hydrogen-bond acceptors (Lipinski definition) is 6. The summed E-state index contributed by atoms with van der Waals surface area (Å²) in [4.78, 5) is 13.4. The van der Waals surface area contributed by atoms with Gasteiger partial charge < -0.3 is 19.3 Å². The van der Waals surface area contributed by atoms with Gasteiger partial charge in [0.1, 0.15) is 29.1 Å². The molecule has 2 aromatic carbocycles. The maximum Gasteiger partial charge on any atom is 0.257 e. The van der Waals surface area contributed by atoms with E-state index in [-0.39, 0.29) is 5.91 Å². The van der Waals surface area contributed by atoms with Gasteiger partial charge in [-0.05, 0) is 50.2 Å². The zero-order valence-electron chi connectivity index (χ0n) is 16.2. The highest BCUT2D eigenvalue weighted by atomic mass is 32.2. The van der Waals surface area contributed by atoms with E-state index in [0.29, 0.717) is 39.9 Å². The number of anilines is 1. The molecule has 1 unspecified atom stereocenters. The average molecular weight is 412 g/mol. The summed E-state index contributed by atoms with van der Waals surface area (Å²) in [6, 6.07) is 12.0. The van der Waals surface area contributed by atoms with Crippen molar-refractivity contribution in [3.05, 3.63) is 59.9 Å². The minimum Gasteiger partial charge on any atom is -0.487 e. The van der Waals surface area contributed by atoms with Crippen molar-refractivity contribution in [1.82, 2.24) is 5.16 Å². The Morgan fingerprint density at radius 3 is 2.62 bits per heavy atom. The molecule has 0 saturated carbocycles. The third kappa shape index (κ3) is 4.17. The highest BCUT2D eigenvalue weighted by Gasteiger charge is 2.34. The molecule has 0 radical (unpaired) electrons. The number of nitrogens with zero attached hydrogens (tertiary/aromatic N) is 1. The topological polar surface area (TPSA) is 90.7 Å². The second kappa shape index (κ2) is 7.36. The Balaban J connectivity index is 1.67. The molecule has 1 aliphatic rings. The third-order valence-corrected chi connectivity index (χ3v) is 5.42. The van der Waals surface area contributed by atoms with Crippen LogP contribution in [0.3, 0.4) is 0 Å². The van der Waals surface area contributed by atoms with Gasteiger partial charge in [-0.25, -0.2) is 0 Å². The van der Waals surface area contributed by atoms with Crippen LogP contribution in [0.1, 0.15) is 29.8 Å². The maximum absolute atomic E-state index is 12.7. The predicted octanol–water partition coefficient (Wildman–Crippen LogP) is 4.17. The van der Waals surface area contributed by atoms with E-state index in [9.17, 15) is 9.00 Å². The minimum absolute atomic E-state index is 0.322. The van der Waals surface area contributed by atoms with Gasteiger partial charge in [-0.3, -0.25) is 9.00 Å². The molecule has 1 aromatic heterocycles. The normalized spacial score (nSPS) is 15.3. The molecule has 1 aliphatic heterocycles. The van der Waals surface area contributed by atoms with E-state index in [1.54, 1.807) is 48.7 Å². The van der Waals surface area contributed by atoms with Gasteiger partial charge in [0.15, 0.2) is 5.82 Å². The van der Waals surface area contributed by atoms with Crippen LogP contribution in [0.2, 0.25) is 0 Å². The summed E-state index contributed by atoms with van der Waals surface area (Å²) in [5.41, 5.74) is 0.881. The molecule has 4 rings (SSSR count). The predicted molar refractivity (Wildman–Crippen MR) is 108 cm³/mol. The molecule has 8 heteroatoms. The molecule has 2 heterocycles. The quantitative estimate of drug-likeness (QED) is 0.676. The lowest BCUT2D eigenvalue weighted by atomic mass is 9.99. The highest BCUT2D eigenvalue weighted by Crippen LogP contribution is 2.43. The summed E-state index contributed by atoms with van der Waals surface area (Å²) in [6.07, 6.45) is 3.66. The van der Waals surface area contributed by atoms with Crippen molar-refractivity contribution in [2.24, 2.45) is 0 Å². The maximum atomic E-state index is 12.7. The Morgan fingerprint density at radius 2 is 1.97 bits per heavy atom. The molecular weight excluding hydrogens is 392 g/mol. The first-order valence-corrected chi connectivity index (χ1v) is 10.6. The van der Waals surface area contributed by atoms with Gasteiger partial charge in [-0.2, -0.15) is 0 Å². The van der Waals surface area contributed by atoms with Crippen LogP contribution >= 0.6 is 0 Å². The Hall–Kier alpha value is -3.13. The average Bonchev–Trinajstić information content (AvgIpc) is 3.28. The first kappa shape index (κ1) is 19.2. The van der Waals surface area contributed by atoms with Crippen LogP contribution in [0.5, 0.6) is 17.2 Å². The lowest BCUT2D eigenvalue weighted by Gasteiger charge is -2.16. The number of ether oxygens (including phenoxy) is 2. The lowest BCUT2D eigenvalue weighted by molar-refractivity contribution is 0.102. The largest absolute Gasteiger partial charge is 0.487 e. The van der Waals surface area contributed by atoms with Crippen molar-refractivity contribution in [3.63, 3.8) is 0 Å². The van der Waals surface area contributed by atoms with E-state index < -0.39 is 16.4 Å². The van der Waals surface area contributed by atoms with Crippen LogP contribution < -0.4 is 14.8 Å². The van der Waals surface area contributed by atoms with Gasteiger partial charge in [-0.15, -0.1) is 0 Å². The van der Waals surface area contributed by atoms with E-state index in [0.717, 1.165) is 5.56 Å². The molecule has 29 heavy (non-hydrogen) atoms. The second-order valence-corrected chi connectivity index (χ2v) is 8.74. The zero-order chi connectivity index (χ0) is 20.6. The highest BCUT2D eigenvalue weighted by molar-refractivity contribution is 7.84. The van der Waals surface area contributed by atoms with Crippen molar-refractivity contribution >= 4 is 22.5 Å². The van der Waals surface area contributed by atoms with E-state index in [1.165, 1.54) is 6.26 Å². The monoisotopic (exact) mass is 412 g/mol. The summed E-state index contributed by atoms with van der Waals surface area (Å²) in [5, 5.41) is 6.37. The third-order valence-electron chi connectivity index (χ3n) is 4.48. The molecule has 1 atom stereocenters. The van der Waals surface area contributed by atoms with Gasteiger partial charge in [0.25, 0.3) is 5.91 Å². The van der Waals surface area contributed by atoms with Crippen LogP contribution in [0, 0.1) is 0 Å². The smallest absolute Gasteiger partial charge is 0.257 e. The number of hydrogen-bond donors (Lipinski definition) is 1. The molecular formula is C21H20N2O5S. The summed E-state index contributed by atoms with van der Waals surface area (Å²) < 4.78 is 28.4. The Labute approximate surface area is 170 Å². The molecule has 0 fully saturated rings. The fraction of sp³-hybridized carbons (Fsp3) is 0.238. The Morgan fingerprint density at radius 1 is 1.21 bits per heavy atom. The van der Waals surface area contributed by atoms with Crippen molar-refractivity contribution in [2.75, 3.05) is 11.6 Å². The van der Waals surface area contributed by atoms with Gasteiger partial charge in [0, 0.05) is 45.6 Å². The van der Waals surface area contributed by atoms with E-state index in [4.69, 9.17) is 14.0 Å². The molecule has 0 aliphatic carbocycles. The molecule has 1 amide bonds. The molecule has 0 saturated heterocycles. The molecule has 7 nitrogen and oxygen atoms in total. The van der Waals surface area contributed by atoms with Gasteiger partial charge in [-0.1, -0.05) is 5.16 Å². The number of amides is 1. The number of aromatic nitrogens is 1.